The lowest BCUT2D eigenvalue weighted by Crippen LogP contribution is -2.46. The van der Waals surface area contributed by atoms with Crippen LogP contribution in [0.5, 0.6) is 0 Å². The van der Waals surface area contributed by atoms with Crippen molar-refractivity contribution in [1.82, 2.24) is 20.0 Å². The van der Waals surface area contributed by atoms with Crippen molar-refractivity contribution in [3.63, 3.8) is 0 Å². The van der Waals surface area contributed by atoms with Gasteiger partial charge in [0.25, 0.3) is 5.91 Å². The van der Waals surface area contributed by atoms with Gasteiger partial charge in [-0.25, -0.2) is 4.68 Å². The summed E-state index contributed by atoms with van der Waals surface area (Å²) in [4.78, 5) is 25.3. The topological polar surface area (TPSA) is 93.3 Å². The molecule has 1 aliphatic rings. The fourth-order valence-electron chi connectivity index (χ4n) is 2.91. The number of primary amides is 1. The van der Waals surface area contributed by atoms with Gasteiger partial charge in [-0.15, -0.1) is 0 Å². The number of aromatic nitrogens is 2. The zero-order chi connectivity index (χ0) is 16.9. The highest BCUT2D eigenvalue weighted by Gasteiger charge is 2.21. The molecule has 2 amide bonds. The van der Waals surface area contributed by atoms with Crippen molar-refractivity contribution >= 4 is 11.8 Å². The Morgan fingerprint density at radius 2 is 1.92 bits per heavy atom. The Hall–Kier alpha value is -2.67. The normalized spacial score (nSPS) is 16.0. The van der Waals surface area contributed by atoms with E-state index in [1.54, 1.807) is 23.0 Å². The number of nitrogens with one attached hydrogen (secondary N) is 1. The van der Waals surface area contributed by atoms with E-state index < -0.39 is 0 Å². The molecule has 7 nitrogen and oxygen atoms in total. The number of likely N-dealkylation sites (tertiary alicyclic amines) is 1. The standard InChI is InChI=1S/C17H21N5O2/c18-16(23)12-21-10-6-14(7-11-21)20-17(24)13-2-4-15(5-3-13)22-9-1-8-19-22/h1-5,8-9,14H,6-7,10-12H2,(H2,18,23)(H,20,24). The van der Waals surface area contributed by atoms with E-state index in [2.05, 4.69) is 10.4 Å². The zero-order valence-corrected chi connectivity index (χ0v) is 13.4. The van der Waals surface area contributed by atoms with Gasteiger partial charge in [-0.05, 0) is 43.2 Å². The van der Waals surface area contributed by atoms with Crippen LogP contribution in [-0.4, -0.2) is 52.2 Å². The molecule has 1 saturated heterocycles. The number of benzene rings is 1. The van der Waals surface area contributed by atoms with E-state index in [0.29, 0.717) is 5.56 Å². The van der Waals surface area contributed by atoms with Crippen molar-refractivity contribution < 1.29 is 9.59 Å². The van der Waals surface area contributed by atoms with Crippen LogP contribution in [0.15, 0.2) is 42.7 Å². The van der Waals surface area contributed by atoms with Crippen molar-refractivity contribution in [2.45, 2.75) is 18.9 Å². The van der Waals surface area contributed by atoms with Gasteiger partial charge in [-0.2, -0.15) is 5.10 Å². The second-order valence-corrected chi connectivity index (χ2v) is 5.99. The van der Waals surface area contributed by atoms with Crippen LogP contribution in [0.3, 0.4) is 0 Å². The van der Waals surface area contributed by atoms with Crippen LogP contribution in [0, 0.1) is 0 Å². The van der Waals surface area contributed by atoms with Gasteiger partial charge < -0.3 is 11.1 Å². The highest BCUT2D eigenvalue weighted by Crippen LogP contribution is 2.12. The van der Waals surface area contributed by atoms with E-state index in [-0.39, 0.29) is 24.4 Å². The van der Waals surface area contributed by atoms with E-state index in [9.17, 15) is 9.59 Å². The van der Waals surface area contributed by atoms with Gasteiger partial charge in [0.15, 0.2) is 0 Å². The molecule has 24 heavy (non-hydrogen) atoms. The Balaban J connectivity index is 1.53. The lowest BCUT2D eigenvalue weighted by molar-refractivity contribution is -0.119. The number of piperidine rings is 1. The summed E-state index contributed by atoms with van der Waals surface area (Å²) >= 11 is 0. The smallest absolute Gasteiger partial charge is 0.251 e. The first kappa shape index (κ1) is 16.2. The van der Waals surface area contributed by atoms with Crippen LogP contribution in [0.1, 0.15) is 23.2 Å². The van der Waals surface area contributed by atoms with Crippen LogP contribution >= 0.6 is 0 Å². The molecule has 1 aliphatic heterocycles. The Labute approximate surface area is 140 Å². The maximum atomic E-state index is 12.3. The number of carbonyl (C=O) groups is 2. The van der Waals surface area contributed by atoms with Crippen LogP contribution < -0.4 is 11.1 Å². The van der Waals surface area contributed by atoms with Crippen molar-refractivity contribution in [2.75, 3.05) is 19.6 Å². The third-order valence-electron chi connectivity index (χ3n) is 4.20. The van der Waals surface area contributed by atoms with Crippen molar-refractivity contribution in [3.05, 3.63) is 48.3 Å². The zero-order valence-electron chi connectivity index (χ0n) is 13.4. The van der Waals surface area contributed by atoms with Crippen molar-refractivity contribution in [3.8, 4) is 5.69 Å². The van der Waals surface area contributed by atoms with E-state index in [0.717, 1.165) is 31.6 Å². The Kier molecular flexibility index (Phi) is 4.90. The minimum absolute atomic E-state index is 0.0737. The molecular formula is C17H21N5O2. The summed E-state index contributed by atoms with van der Waals surface area (Å²) in [5.74, 6) is -0.384. The molecule has 1 aromatic carbocycles. The van der Waals surface area contributed by atoms with Crippen LogP contribution in [0.4, 0.5) is 0 Å². The molecule has 0 atom stereocenters. The maximum Gasteiger partial charge on any atom is 0.251 e. The quantitative estimate of drug-likeness (QED) is 0.839. The van der Waals surface area contributed by atoms with E-state index >= 15 is 0 Å². The van der Waals surface area contributed by atoms with Gasteiger partial charge >= 0.3 is 0 Å². The third kappa shape index (κ3) is 3.99. The SMILES string of the molecule is NC(=O)CN1CCC(NC(=O)c2ccc(-n3cccn3)cc2)CC1. The molecule has 0 radical (unpaired) electrons. The lowest BCUT2D eigenvalue weighted by atomic mass is 10.0. The van der Waals surface area contributed by atoms with Gasteiger partial charge in [-0.1, -0.05) is 0 Å². The maximum absolute atomic E-state index is 12.3. The van der Waals surface area contributed by atoms with Gasteiger partial charge in [-0.3, -0.25) is 14.5 Å². The summed E-state index contributed by atoms with van der Waals surface area (Å²) in [7, 11) is 0. The number of hydrogen-bond acceptors (Lipinski definition) is 4. The molecule has 3 N–H and O–H groups in total. The second kappa shape index (κ2) is 7.27. The highest BCUT2D eigenvalue weighted by molar-refractivity contribution is 5.94. The number of hydrogen-bond donors (Lipinski definition) is 2. The molecule has 0 saturated carbocycles. The summed E-state index contributed by atoms with van der Waals surface area (Å²) in [6.45, 7) is 1.83. The number of nitrogens with two attached hydrogens (primary N) is 1. The average Bonchev–Trinajstić information content (AvgIpc) is 3.11. The molecule has 0 aliphatic carbocycles. The van der Waals surface area contributed by atoms with Gasteiger partial charge in [0.1, 0.15) is 0 Å². The van der Waals surface area contributed by atoms with Crippen molar-refractivity contribution in [2.24, 2.45) is 5.73 Å². The molecular weight excluding hydrogens is 306 g/mol. The monoisotopic (exact) mass is 327 g/mol. The minimum Gasteiger partial charge on any atom is -0.369 e. The number of nitrogens with zero attached hydrogens (tertiary/aromatic N) is 3. The number of rotatable bonds is 5. The summed E-state index contributed by atoms with van der Waals surface area (Å²) in [5.41, 5.74) is 6.75. The fraction of sp³-hybridized carbons (Fsp3) is 0.353. The molecule has 3 rings (SSSR count). The van der Waals surface area contributed by atoms with Crippen LogP contribution in [-0.2, 0) is 4.79 Å². The first-order valence-corrected chi connectivity index (χ1v) is 8.03. The van der Waals surface area contributed by atoms with Crippen molar-refractivity contribution in [1.29, 1.82) is 0 Å². The fourth-order valence-corrected chi connectivity index (χ4v) is 2.91. The summed E-state index contributed by atoms with van der Waals surface area (Å²) in [6, 6.07) is 9.33. The van der Waals surface area contributed by atoms with E-state index in [4.69, 9.17) is 5.73 Å². The molecule has 126 valence electrons. The minimum atomic E-state index is -0.310. The number of amides is 2. The molecule has 0 bridgehead atoms. The molecule has 7 heteroatoms. The van der Waals surface area contributed by atoms with Crippen LogP contribution in [0.25, 0.3) is 5.69 Å². The van der Waals surface area contributed by atoms with Gasteiger partial charge in [0.05, 0.1) is 12.2 Å². The molecule has 1 aromatic heterocycles. The summed E-state index contributed by atoms with van der Waals surface area (Å²) in [6.07, 6.45) is 5.22. The Morgan fingerprint density at radius 1 is 1.21 bits per heavy atom. The average molecular weight is 327 g/mol. The third-order valence-corrected chi connectivity index (χ3v) is 4.20. The summed E-state index contributed by atoms with van der Waals surface area (Å²) in [5, 5.41) is 7.22. The predicted molar refractivity (Wildman–Crippen MR) is 89.7 cm³/mol. The van der Waals surface area contributed by atoms with Crippen LogP contribution in [0.2, 0.25) is 0 Å². The van der Waals surface area contributed by atoms with Gasteiger partial charge in [0.2, 0.25) is 5.91 Å². The first-order chi connectivity index (χ1) is 11.6. The molecule has 2 heterocycles. The largest absolute Gasteiger partial charge is 0.369 e. The number of carbonyl (C=O) groups excluding carboxylic acids is 2. The highest BCUT2D eigenvalue weighted by atomic mass is 16.2. The first-order valence-electron chi connectivity index (χ1n) is 8.03. The molecule has 0 unspecified atom stereocenters. The predicted octanol–water partition coefficient (Wildman–Crippen LogP) is 0.552. The Morgan fingerprint density at radius 3 is 2.50 bits per heavy atom. The molecule has 2 aromatic rings. The van der Waals surface area contributed by atoms with E-state index in [1.165, 1.54) is 0 Å². The summed E-state index contributed by atoms with van der Waals surface area (Å²) < 4.78 is 1.75. The van der Waals surface area contributed by atoms with E-state index in [1.807, 2.05) is 29.3 Å². The second-order valence-electron chi connectivity index (χ2n) is 5.99. The Bertz CT molecular complexity index is 688. The lowest BCUT2D eigenvalue weighted by Gasteiger charge is -2.31. The molecule has 0 spiro atoms. The molecule has 1 fully saturated rings. The van der Waals surface area contributed by atoms with Gasteiger partial charge in [0, 0.05) is 37.1 Å².